The molecule has 0 saturated heterocycles. The van der Waals surface area contributed by atoms with Gasteiger partial charge in [-0.15, -0.1) is 98.3 Å². The van der Waals surface area contributed by atoms with Crippen molar-refractivity contribution in [2.75, 3.05) is 0 Å². The Morgan fingerprint density at radius 1 is 0.208 bits per heavy atom. The molecule has 0 aliphatic heterocycles. The van der Waals surface area contributed by atoms with E-state index in [1.54, 1.807) is 0 Å². The second-order valence-electron chi connectivity index (χ2n) is 12.7. The van der Waals surface area contributed by atoms with Gasteiger partial charge in [0.1, 0.15) is 149 Å². The quantitative estimate of drug-likeness (QED) is 0.171. The van der Waals surface area contributed by atoms with E-state index in [1.807, 2.05) is 20.8 Å². The minimum absolute atomic E-state index is 0.00386. The fourth-order valence-electron chi connectivity index (χ4n) is 6.51. The highest BCUT2D eigenvalue weighted by atomic mass is 14.5. The Labute approximate surface area is 310 Å². The molecule has 4 aromatic rings. The molecule has 0 aromatic heterocycles. The summed E-state index contributed by atoms with van der Waals surface area (Å²) in [6.07, 6.45) is 0. The zero-order chi connectivity index (χ0) is 36.9. The first-order chi connectivity index (χ1) is 21.9. The lowest BCUT2D eigenvalue weighted by Gasteiger charge is -2.50. The zero-order valence-electron chi connectivity index (χ0n) is 27.0. The number of hydrogen-bond donors (Lipinski definition) is 0. The van der Waals surface area contributed by atoms with Gasteiger partial charge in [0.05, 0.1) is 5.41 Å². The van der Waals surface area contributed by atoms with E-state index < -0.39 is 10.8 Å². The fourth-order valence-corrected chi connectivity index (χ4v) is 6.51. The van der Waals surface area contributed by atoms with Crippen molar-refractivity contribution in [2.45, 2.75) is 31.6 Å². The largest absolute Gasteiger partial charge is 0.113 e. The predicted octanol–water partition coefficient (Wildman–Crippen LogP) is -15.6. The summed E-state index contributed by atoms with van der Waals surface area (Å²) < 4.78 is 0. The molecule has 4 rings (SSSR count). The molecule has 0 spiro atoms. The Morgan fingerprint density at radius 2 is 0.354 bits per heavy atom. The van der Waals surface area contributed by atoms with Gasteiger partial charge in [-0.1, -0.05) is 26.2 Å². The third kappa shape index (κ3) is 5.32. The molecule has 0 unspecified atom stereocenters. The lowest BCUT2D eigenvalue weighted by Crippen LogP contribution is -2.69. The number of benzene rings is 4. The average molecular weight is 563 g/mol. The topological polar surface area (TPSA) is 0 Å². The summed E-state index contributed by atoms with van der Waals surface area (Å²) in [6, 6.07) is 0. The fraction of sp³-hybridized carbons (Fsp3) is 0.172. The van der Waals surface area contributed by atoms with Gasteiger partial charge in [0.25, 0.3) is 0 Å². The maximum absolute atomic E-state index is 7.00. The normalized spacial score (nSPS) is 12.0. The van der Waals surface area contributed by atoms with Crippen LogP contribution < -0.4 is 104 Å². The van der Waals surface area contributed by atoms with Crippen LogP contribution in [0, 0.1) is 0 Å². The second-order valence-corrected chi connectivity index (χ2v) is 12.7. The minimum Gasteiger partial charge on any atom is -0.112 e. The summed E-state index contributed by atoms with van der Waals surface area (Å²) in [5.41, 5.74) is -6.78. The van der Waals surface area contributed by atoms with Crippen molar-refractivity contribution in [3.8, 4) is 0 Å². The predicted molar refractivity (Wildman–Crippen MR) is 226 cm³/mol. The highest BCUT2D eigenvalue weighted by Gasteiger charge is 2.48. The number of hydrogen-bond acceptors (Lipinski definition) is 0. The summed E-state index contributed by atoms with van der Waals surface area (Å²) in [7, 11) is 126. The van der Waals surface area contributed by atoms with Crippen LogP contribution in [0.15, 0.2) is 0 Å². The summed E-state index contributed by atoms with van der Waals surface area (Å²) in [4.78, 5) is 0. The zero-order valence-corrected chi connectivity index (χ0v) is 27.0. The molecule has 0 saturated carbocycles. The molecule has 0 aliphatic carbocycles. The molecule has 0 amide bonds. The Bertz CT molecular complexity index is 1800. The van der Waals surface area contributed by atoms with Gasteiger partial charge in [-0.3, -0.25) is 0 Å². The third-order valence-corrected chi connectivity index (χ3v) is 9.01. The Morgan fingerprint density at radius 3 is 0.542 bits per heavy atom. The van der Waals surface area contributed by atoms with Crippen LogP contribution in [0.3, 0.4) is 0 Å². The first-order valence-corrected chi connectivity index (χ1v) is 14.2. The summed E-state index contributed by atoms with van der Waals surface area (Å²) in [5, 5.41) is 0. The van der Waals surface area contributed by atoms with Gasteiger partial charge in [0, 0.05) is 0 Å². The lowest BCUT2D eigenvalue weighted by molar-refractivity contribution is 0.577. The van der Waals surface area contributed by atoms with Crippen LogP contribution in [0.2, 0.25) is 0 Å². The van der Waals surface area contributed by atoms with E-state index in [4.69, 9.17) is 149 Å². The van der Waals surface area contributed by atoms with Crippen LogP contribution in [0.1, 0.15) is 48.6 Å². The van der Waals surface area contributed by atoms with Crippen LogP contribution in [0.4, 0.5) is 0 Å². The molecule has 0 bridgehead atoms. The van der Waals surface area contributed by atoms with Crippen molar-refractivity contribution in [2.24, 2.45) is 0 Å². The maximum atomic E-state index is 7.00. The average Bonchev–Trinajstić information content (AvgIpc) is 3.02. The summed E-state index contributed by atoms with van der Waals surface area (Å²) in [6.45, 7) is 5.45. The Hall–Kier alpha value is -1.89. The van der Waals surface area contributed by atoms with Crippen molar-refractivity contribution < 1.29 is 0 Å². The molecule has 19 heteroatoms. The summed E-state index contributed by atoms with van der Waals surface area (Å²) >= 11 is 0. The molecule has 0 nitrogen and oxygen atoms in total. The van der Waals surface area contributed by atoms with Crippen LogP contribution >= 0.6 is 0 Å². The first kappa shape index (κ1) is 38.9. The highest BCUT2D eigenvalue weighted by Crippen LogP contribution is 2.43. The van der Waals surface area contributed by atoms with Crippen molar-refractivity contribution in [1.82, 2.24) is 0 Å². The van der Waals surface area contributed by atoms with Crippen molar-refractivity contribution in [3.05, 3.63) is 27.8 Å². The van der Waals surface area contributed by atoms with Crippen LogP contribution in [-0.2, 0) is 10.8 Å². The van der Waals surface area contributed by atoms with E-state index in [1.165, 1.54) is 0 Å². The van der Waals surface area contributed by atoms with Crippen molar-refractivity contribution in [1.29, 1.82) is 0 Å². The molecular weight excluding hydrogens is 554 g/mol. The van der Waals surface area contributed by atoms with Crippen molar-refractivity contribution >= 4 is 253 Å². The lowest BCUT2D eigenvalue weighted by atomic mass is 9.43. The van der Waals surface area contributed by atoms with Gasteiger partial charge in [0.15, 0.2) is 0 Å². The molecule has 38 radical (unpaired) electrons. The van der Waals surface area contributed by atoms with Gasteiger partial charge >= 0.3 is 0 Å². The smallest absolute Gasteiger partial charge is 0.112 e. The van der Waals surface area contributed by atoms with Crippen LogP contribution in [0.5, 0.6) is 0 Å². The molecule has 0 heterocycles. The first-order valence-electron chi connectivity index (χ1n) is 14.2. The minimum atomic E-state index is -2.29. The highest BCUT2D eigenvalue weighted by molar-refractivity contribution is 6.71. The van der Waals surface area contributed by atoms with Crippen molar-refractivity contribution in [3.63, 3.8) is 0 Å². The Balaban J connectivity index is 2.77. The molecule has 0 fully saturated rings. The van der Waals surface area contributed by atoms with Gasteiger partial charge in [-0.2, -0.15) is 0 Å². The summed E-state index contributed by atoms with van der Waals surface area (Å²) in [5.74, 6) is 0. The number of rotatable bonds is 4. The standard InChI is InChI=1S/C29H9B19/c1-28(2,3)4-5(10(31)18(39)17(38)9(4)30)29(6-11(32)19(40)25(46)20(41)12(6)33,7-13(34)21(42)26(47)22(43)14(7)35)8-15(36)23(44)27(48)24(45)16(8)37/h1-3H3. The van der Waals surface area contributed by atoms with E-state index >= 15 is 0 Å². The molecule has 48 heavy (non-hydrogen) atoms. The SMILES string of the molecule is [B]c1c([B])c([B])c(C(c2c([B])c([B])c([B])c([B])c2[B])(c2c([B])c([B])c([B])c([B])c2[B])c2c([B])c([B])c([B])c([B])c2C(C)(C)C)c([B])c1[B]. The molecule has 182 valence electrons. The van der Waals surface area contributed by atoms with Crippen LogP contribution in [0.25, 0.3) is 0 Å². The molecule has 0 atom stereocenters. The molecular formula is C29H9B19. The van der Waals surface area contributed by atoms with Gasteiger partial charge in [-0.25, -0.2) is 0 Å². The maximum Gasteiger partial charge on any atom is 0.113 e. The van der Waals surface area contributed by atoms with Crippen LogP contribution in [-0.4, -0.2) is 149 Å². The second kappa shape index (κ2) is 13.0. The monoisotopic (exact) mass is 566 g/mol. The third-order valence-electron chi connectivity index (χ3n) is 9.01. The van der Waals surface area contributed by atoms with E-state index in [-0.39, 0.29) is 132 Å². The van der Waals surface area contributed by atoms with Gasteiger partial charge < -0.3 is 0 Å². The van der Waals surface area contributed by atoms with E-state index in [0.29, 0.717) is 0 Å². The molecule has 4 aromatic carbocycles. The van der Waals surface area contributed by atoms with E-state index in [0.717, 1.165) is 0 Å². The van der Waals surface area contributed by atoms with Gasteiger partial charge in [0.2, 0.25) is 0 Å². The van der Waals surface area contributed by atoms with E-state index in [2.05, 4.69) is 0 Å². The molecule has 0 N–H and O–H groups in total. The Kier molecular flexibility index (Phi) is 10.6. The van der Waals surface area contributed by atoms with E-state index in [9.17, 15) is 0 Å². The van der Waals surface area contributed by atoms with Gasteiger partial charge in [-0.05, 0) is 33.2 Å². The molecule has 0 aliphatic rings.